The van der Waals surface area contributed by atoms with Crippen molar-refractivity contribution in [3.8, 4) is 17.5 Å². The molecule has 1 aliphatic carbocycles. The Balaban J connectivity index is 1.75. The summed E-state index contributed by atoms with van der Waals surface area (Å²) in [5, 5.41) is 18.9. The quantitative estimate of drug-likeness (QED) is 0.703. The zero-order chi connectivity index (χ0) is 15.8. The van der Waals surface area contributed by atoms with Gasteiger partial charge >= 0.3 is 0 Å². The van der Waals surface area contributed by atoms with E-state index in [0.717, 1.165) is 33.6 Å². The smallest absolute Gasteiger partial charge is 0.197 e. The summed E-state index contributed by atoms with van der Waals surface area (Å²) in [6.07, 6.45) is 5.70. The van der Waals surface area contributed by atoms with Gasteiger partial charge in [-0.15, -0.1) is 10.2 Å². The third kappa shape index (κ3) is 2.72. The van der Waals surface area contributed by atoms with Crippen LogP contribution in [0, 0.1) is 11.3 Å². The summed E-state index contributed by atoms with van der Waals surface area (Å²) in [5.74, 6) is 0.825. The first kappa shape index (κ1) is 14.6. The summed E-state index contributed by atoms with van der Waals surface area (Å²) in [6.45, 7) is 0. The molecule has 0 N–H and O–H groups in total. The molecular weight excluding hydrogens is 352 g/mol. The van der Waals surface area contributed by atoms with Gasteiger partial charge in [0, 0.05) is 24.0 Å². The Hall–Kier alpha value is -1.95. The van der Waals surface area contributed by atoms with E-state index in [4.69, 9.17) is 11.6 Å². The molecule has 1 saturated carbocycles. The first-order valence-electron chi connectivity index (χ1n) is 6.86. The van der Waals surface area contributed by atoms with Crippen LogP contribution in [0.3, 0.4) is 0 Å². The van der Waals surface area contributed by atoms with Gasteiger partial charge in [0.15, 0.2) is 16.1 Å². The molecule has 1 fully saturated rings. The fourth-order valence-electron chi connectivity index (χ4n) is 2.21. The Morgan fingerprint density at radius 1 is 1.30 bits per heavy atom. The number of nitrogens with zero attached hydrogens (tertiary/aromatic N) is 6. The molecule has 0 atom stereocenters. The van der Waals surface area contributed by atoms with Crippen LogP contribution in [-0.2, 0) is 0 Å². The number of hydrogen-bond acceptors (Lipinski definition) is 7. The van der Waals surface area contributed by atoms with Crippen LogP contribution >= 0.6 is 34.9 Å². The zero-order valence-corrected chi connectivity index (χ0v) is 14.1. The van der Waals surface area contributed by atoms with Crippen molar-refractivity contribution >= 4 is 34.9 Å². The SMILES string of the molecule is N#Cc1c(Cl)nsc1Sc1nnc(-c2ccncc2)n1C1CC1. The lowest BCUT2D eigenvalue weighted by Gasteiger charge is -2.07. The Morgan fingerprint density at radius 3 is 2.78 bits per heavy atom. The summed E-state index contributed by atoms with van der Waals surface area (Å²) in [6, 6.07) is 6.34. The van der Waals surface area contributed by atoms with Gasteiger partial charge in [-0.1, -0.05) is 11.6 Å². The molecule has 1 aliphatic rings. The van der Waals surface area contributed by atoms with E-state index in [1.807, 2.05) is 12.1 Å². The van der Waals surface area contributed by atoms with E-state index in [2.05, 4.69) is 30.2 Å². The van der Waals surface area contributed by atoms with E-state index < -0.39 is 0 Å². The lowest BCUT2D eigenvalue weighted by molar-refractivity contribution is 0.669. The molecule has 0 saturated heterocycles. The number of halogens is 1. The normalized spacial score (nSPS) is 13.9. The van der Waals surface area contributed by atoms with Gasteiger partial charge < -0.3 is 0 Å². The molecule has 23 heavy (non-hydrogen) atoms. The fraction of sp³-hybridized carbons (Fsp3) is 0.214. The first-order chi connectivity index (χ1) is 11.3. The van der Waals surface area contributed by atoms with Crippen molar-refractivity contribution in [1.29, 1.82) is 5.26 Å². The first-order valence-corrected chi connectivity index (χ1v) is 8.83. The molecule has 4 rings (SSSR count). The number of nitriles is 1. The van der Waals surface area contributed by atoms with Gasteiger partial charge in [-0.3, -0.25) is 9.55 Å². The lowest BCUT2D eigenvalue weighted by Crippen LogP contribution is -1.99. The van der Waals surface area contributed by atoms with Crippen LogP contribution in [0.5, 0.6) is 0 Å². The third-order valence-electron chi connectivity index (χ3n) is 3.43. The average molecular weight is 361 g/mol. The molecule has 0 unspecified atom stereocenters. The van der Waals surface area contributed by atoms with Gasteiger partial charge in [0.25, 0.3) is 0 Å². The molecule has 3 aromatic rings. The van der Waals surface area contributed by atoms with Gasteiger partial charge in [0.2, 0.25) is 0 Å². The van der Waals surface area contributed by atoms with Crippen molar-refractivity contribution in [2.75, 3.05) is 0 Å². The van der Waals surface area contributed by atoms with Crippen LogP contribution in [0.15, 0.2) is 33.9 Å². The van der Waals surface area contributed by atoms with E-state index in [1.165, 1.54) is 23.3 Å². The van der Waals surface area contributed by atoms with Crippen LogP contribution in [0.4, 0.5) is 0 Å². The Morgan fingerprint density at radius 2 is 2.09 bits per heavy atom. The second kappa shape index (κ2) is 5.92. The van der Waals surface area contributed by atoms with Crippen LogP contribution in [0.1, 0.15) is 24.4 Å². The van der Waals surface area contributed by atoms with Gasteiger partial charge in [-0.2, -0.15) is 9.64 Å². The Labute approximate surface area is 145 Å². The molecule has 3 heterocycles. The van der Waals surface area contributed by atoms with Crippen molar-refractivity contribution in [2.45, 2.75) is 28.2 Å². The lowest BCUT2D eigenvalue weighted by atomic mass is 10.2. The highest BCUT2D eigenvalue weighted by Gasteiger charge is 2.31. The fourth-order valence-corrected chi connectivity index (χ4v) is 4.36. The third-order valence-corrected chi connectivity index (χ3v) is 5.77. The van der Waals surface area contributed by atoms with E-state index >= 15 is 0 Å². The van der Waals surface area contributed by atoms with E-state index in [0.29, 0.717) is 11.6 Å². The van der Waals surface area contributed by atoms with Crippen molar-refractivity contribution in [3.05, 3.63) is 35.2 Å². The number of hydrogen-bond donors (Lipinski definition) is 0. The summed E-state index contributed by atoms with van der Waals surface area (Å²) < 4.78 is 6.91. The van der Waals surface area contributed by atoms with Crippen molar-refractivity contribution in [1.82, 2.24) is 24.1 Å². The number of pyridine rings is 1. The molecule has 0 aromatic carbocycles. The second-order valence-corrected chi connectivity index (χ2v) is 7.36. The van der Waals surface area contributed by atoms with Gasteiger partial charge in [0.05, 0.1) is 0 Å². The van der Waals surface area contributed by atoms with Crippen molar-refractivity contribution in [3.63, 3.8) is 0 Å². The minimum absolute atomic E-state index is 0.242. The molecule has 6 nitrogen and oxygen atoms in total. The largest absolute Gasteiger partial charge is 0.299 e. The zero-order valence-electron chi connectivity index (χ0n) is 11.7. The highest BCUT2D eigenvalue weighted by atomic mass is 35.5. The molecule has 3 aromatic heterocycles. The maximum atomic E-state index is 9.21. The Bertz CT molecular complexity index is 894. The minimum atomic E-state index is 0.242. The minimum Gasteiger partial charge on any atom is -0.299 e. The Kier molecular flexibility index (Phi) is 3.77. The highest BCUT2D eigenvalue weighted by Crippen LogP contribution is 2.44. The van der Waals surface area contributed by atoms with E-state index in [-0.39, 0.29) is 5.15 Å². The predicted molar refractivity (Wildman–Crippen MR) is 87.5 cm³/mol. The molecule has 114 valence electrons. The highest BCUT2D eigenvalue weighted by molar-refractivity contribution is 8.01. The molecular formula is C14H9ClN6S2. The topological polar surface area (TPSA) is 80.3 Å². The molecule has 0 spiro atoms. The number of aromatic nitrogens is 5. The molecule has 9 heteroatoms. The summed E-state index contributed by atoms with van der Waals surface area (Å²) in [5.41, 5.74) is 1.38. The van der Waals surface area contributed by atoms with Crippen LogP contribution in [-0.4, -0.2) is 24.1 Å². The monoisotopic (exact) mass is 360 g/mol. The van der Waals surface area contributed by atoms with Crippen LogP contribution in [0.25, 0.3) is 11.4 Å². The summed E-state index contributed by atoms with van der Waals surface area (Å²) in [7, 11) is 0. The maximum Gasteiger partial charge on any atom is 0.197 e. The molecule has 0 aliphatic heterocycles. The van der Waals surface area contributed by atoms with E-state index in [9.17, 15) is 5.26 Å². The van der Waals surface area contributed by atoms with Gasteiger partial charge in [-0.05, 0) is 48.3 Å². The predicted octanol–water partition coefficient (Wildman–Crippen LogP) is 3.81. The maximum absolute atomic E-state index is 9.21. The van der Waals surface area contributed by atoms with Gasteiger partial charge in [-0.25, -0.2) is 0 Å². The van der Waals surface area contributed by atoms with E-state index in [1.54, 1.807) is 12.4 Å². The second-order valence-electron chi connectivity index (χ2n) is 4.99. The summed E-state index contributed by atoms with van der Waals surface area (Å²) in [4.78, 5) is 4.04. The van der Waals surface area contributed by atoms with Crippen molar-refractivity contribution < 1.29 is 0 Å². The molecule has 0 amide bonds. The van der Waals surface area contributed by atoms with Crippen molar-refractivity contribution in [2.24, 2.45) is 0 Å². The average Bonchev–Trinajstić information content (AvgIpc) is 3.24. The molecule has 0 radical (unpaired) electrons. The molecule has 0 bridgehead atoms. The van der Waals surface area contributed by atoms with Crippen LogP contribution < -0.4 is 0 Å². The van der Waals surface area contributed by atoms with Gasteiger partial charge in [0.1, 0.15) is 15.8 Å². The standard InChI is InChI=1S/C14H9ClN6S2/c15-11-10(7-16)13(23-20-11)22-14-19-18-12(21(14)9-1-2-9)8-3-5-17-6-4-8/h3-6,9H,1-2H2. The summed E-state index contributed by atoms with van der Waals surface area (Å²) >= 11 is 8.54. The number of rotatable bonds is 4. The van der Waals surface area contributed by atoms with Crippen LogP contribution in [0.2, 0.25) is 5.15 Å².